The third kappa shape index (κ3) is 4.05. The van der Waals surface area contributed by atoms with Gasteiger partial charge in [0, 0.05) is 6.61 Å². The Morgan fingerprint density at radius 2 is 2.00 bits per heavy atom. The molecule has 0 amide bonds. The van der Waals surface area contributed by atoms with Gasteiger partial charge in [0.2, 0.25) is 0 Å². The van der Waals surface area contributed by atoms with Crippen LogP contribution < -0.4 is 0 Å². The summed E-state index contributed by atoms with van der Waals surface area (Å²) in [5, 5.41) is 25.0. The van der Waals surface area contributed by atoms with Gasteiger partial charge in [-0.3, -0.25) is 0 Å². The first-order valence-corrected chi connectivity index (χ1v) is 2.54. The zero-order valence-corrected chi connectivity index (χ0v) is 4.62. The van der Waals surface area contributed by atoms with E-state index in [9.17, 15) is 0 Å². The van der Waals surface area contributed by atoms with Crippen LogP contribution in [0.5, 0.6) is 0 Å². The lowest BCUT2D eigenvalue weighted by Gasteiger charge is -2.02. The summed E-state index contributed by atoms with van der Waals surface area (Å²) in [5.74, 6) is 0. The quantitative estimate of drug-likeness (QED) is 0.441. The minimum atomic E-state index is -0.776. The SMILES string of the molecule is OCC[CH]C(O)CO. The molecule has 0 aromatic heterocycles. The van der Waals surface area contributed by atoms with Crippen LogP contribution >= 0.6 is 0 Å². The molecule has 8 heavy (non-hydrogen) atoms. The average molecular weight is 119 g/mol. The third-order valence-corrected chi connectivity index (χ3v) is 0.755. The van der Waals surface area contributed by atoms with E-state index in [1.807, 2.05) is 0 Å². The van der Waals surface area contributed by atoms with E-state index in [1.54, 1.807) is 0 Å². The molecule has 3 nitrogen and oxygen atoms in total. The van der Waals surface area contributed by atoms with Gasteiger partial charge in [-0.25, -0.2) is 0 Å². The van der Waals surface area contributed by atoms with Crippen LogP contribution in [0.4, 0.5) is 0 Å². The molecule has 0 fully saturated rings. The normalized spacial score (nSPS) is 13.9. The van der Waals surface area contributed by atoms with E-state index in [2.05, 4.69) is 0 Å². The van der Waals surface area contributed by atoms with Crippen LogP contribution in [0.1, 0.15) is 6.42 Å². The zero-order chi connectivity index (χ0) is 6.41. The van der Waals surface area contributed by atoms with E-state index >= 15 is 0 Å². The van der Waals surface area contributed by atoms with Gasteiger partial charge in [-0.15, -0.1) is 0 Å². The summed E-state index contributed by atoms with van der Waals surface area (Å²) >= 11 is 0. The lowest BCUT2D eigenvalue weighted by molar-refractivity contribution is 0.113. The smallest absolute Gasteiger partial charge is 0.0803 e. The first-order valence-electron chi connectivity index (χ1n) is 2.54. The van der Waals surface area contributed by atoms with Crippen molar-refractivity contribution in [1.82, 2.24) is 0 Å². The lowest BCUT2D eigenvalue weighted by Crippen LogP contribution is -2.12. The van der Waals surface area contributed by atoms with Crippen LogP contribution in [0.25, 0.3) is 0 Å². The van der Waals surface area contributed by atoms with Gasteiger partial charge in [0.15, 0.2) is 0 Å². The van der Waals surface area contributed by atoms with Crippen molar-refractivity contribution in [2.45, 2.75) is 12.5 Å². The molecule has 1 radical (unpaired) electrons. The first kappa shape index (κ1) is 7.88. The number of hydrogen-bond donors (Lipinski definition) is 3. The summed E-state index contributed by atoms with van der Waals surface area (Å²) in [6.07, 6.45) is 1.11. The van der Waals surface area contributed by atoms with Crippen molar-refractivity contribution in [3.63, 3.8) is 0 Å². The molecular formula is C5H11O3. The Morgan fingerprint density at radius 3 is 2.38 bits per heavy atom. The van der Waals surface area contributed by atoms with E-state index in [0.717, 1.165) is 0 Å². The highest BCUT2D eigenvalue weighted by Crippen LogP contribution is 1.91. The lowest BCUT2D eigenvalue weighted by atomic mass is 10.2. The fraction of sp³-hybridized carbons (Fsp3) is 0.800. The summed E-state index contributed by atoms with van der Waals surface area (Å²) in [6.45, 7) is -0.239. The number of aliphatic hydroxyl groups excluding tert-OH is 3. The highest BCUT2D eigenvalue weighted by Gasteiger charge is 1.98. The standard InChI is InChI=1S/C5H11O3/c6-3-1-2-5(8)4-7/h2,5-8H,1,3-4H2. The summed E-state index contributed by atoms with van der Waals surface area (Å²) in [4.78, 5) is 0. The molecule has 0 aliphatic rings. The minimum Gasteiger partial charge on any atom is -0.396 e. The Labute approximate surface area is 48.6 Å². The second-order valence-electron chi connectivity index (χ2n) is 1.50. The maximum atomic E-state index is 8.57. The molecule has 0 rings (SSSR count). The van der Waals surface area contributed by atoms with E-state index in [0.29, 0.717) is 6.42 Å². The van der Waals surface area contributed by atoms with E-state index < -0.39 is 6.10 Å². The van der Waals surface area contributed by atoms with Gasteiger partial charge in [0.05, 0.1) is 12.7 Å². The van der Waals surface area contributed by atoms with Gasteiger partial charge >= 0.3 is 0 Å². The van der Waals surface area contributed by atoms with Gasteiger partial charge in [-0.05, 0) is 12.8 Å². The Balaban J connectivity index is 2.86. The van der Waals surface area contributed by atoms with E-state index in [4.69, 9.17) is 15.3 Å². The predicted octanol–water partition coefficient (Wildman–Crippen LogP) is -1.07. The largest absolute Gasteiger partial charge is 0.396 e. The van der Waals surface area contributed by atoms with Crippen molar-refractivity contribution < 1.29 is 15.3 Å². The first-order chi connectivity index (χ1) is 3.81. The van der Waals surface area contributed by atoms with Crippen LogP contribution in [-0.4, -0.2) is 34.6 Å². The molecule has 3 N–H and O–H groups in total. The molecule has 0 aliphatic carbocycles. The average Bonchev–Trinajstić information content (AvgIpc) is 1.83. The van der Waals surface area contributed by atoms with E-state index in [-0.39, 0.29) is 13.2 Å². The number of aliphatic hydroxyl groups is 3. The fourth-order valence-electron chi connectivity index (χ4n) is 0.341. The number of hydrogen-bond acceptors (Lipinski definition) is 3. The maximum Gasteiger partial charge on any atom is 0.0803 e. The number of rotatable bonds is 4. The topological polar surface area (TPSA) is 60.7 Å². The van der Waals surface area contributed by atoms with Gasteiger partial charge < -0.3 is 15.3 Å². The summed E-state index contributed by atoms with van der Waals surface area (Å²) in [6, 6.07) is 0. The Kier molecular flexibility index (Phi) is 4.95. The molecule has 0 saturated heterocycles. The van der Waals surface area contributed by atoms with Crippen molar-refractivity contribution in [3.05, 3.63) is 6.42 Å². The highest BCUT2D eigenvalue weighted by atomic mass is 16.3. The summed E-state index contributed by atoms with van der Waals surface area (Å²) in [5.41, 5.74) is 0. The van der Waals surface area contributed by atoms with Gasteiger partial charge in [0.1, 0.15) is 0 Å². The molecule has 3 heteroatoms. The van der Waals surface area contributed by atoms with Gasteiger partial charge in [0.25, 0.3) is 0 Å². The summed E-state index contributed by atoms with van der Waals surface area (Å²) in [7, 11) is 0. The maximum absolute atomic E-state index is 8.57. The molecule has 0 saturated carbocycles. The molecule has 49 valence electrons. The molecule has 0 aromatic carbocycles. The minimum absolute atomic E-state index is 0.0249. The fourth-order valence-corrected chi connectivity index (χ4v) is 0.341. The van der Waals surface area contributed by atoms with Gasteiger partial charge in [-0.2, -0.15) is 0 Å². The second-order valence-corrected chi connectivity index (χ2v) is 1.50. The molecule has 0 spiro atoms. The van der Waals surface area contributed by atoms with Crippen molar-refractivity contribution in [1.29, 1.82) is 0 Å². The van der Waals surface area contributed by atoms with Crippen LogP contribution in [0, 0.1) is 6.42 Å². The van der Waals surface area contributed by atoms with Crippen LogP contribution in [-0.2, 0) is 0 Å². The van der Waals surface area contributed by atoms with Crippen LogP contribution in [0.15, 0.2) is 0 Å². The molecule has 0 aromatic rings. The molecule has 0 aliphatic heterocycles. The van der Waals surface area contributed by atoms with Gasteiger partial charge in [-0.1, -0.05) is 0 Å². The predicted molar refractivity (Wildman–Crippen MR) is 29.1 cm³/mol. The molecule has 0 bridgehead atoms. The van der Waals surface area contributed by atoms with Crippen LogP contribution in [0.2, 0.25) is 0 Å². The molecule has 1 unspecified atom stereocenters. The van der Waals surface area contributed by atoms with E-state index in [1.165, 1.54) is 6.42 Å². The van der Waals surface area contributed by atoms with Crippen LogP contribution in [0.3, 0.4) is 0 Å². The van der Waals surface area contributed by atoms with Crippen molar-refractivity contribution in [2.24, 2.45) is 0 Å². The Bertz CT molecular complexity index is 46.9. The zero-order valence-electron chi connectivity index (χ0n) is 4.62. The Morgan fingerprint density at radius 1 is 1.38 bits per heavy atom. The monoisotopic (exact) mass is 119 g/mol. The second kappa shape index (κ2) is 5.03. The molecular weight excluding hydrogens is 108 g/mol. The van der Waals surface area contributed by atoms with Crippen molar-refractivity contribution in [3.8, 4) is 0 Å². The van der Waals surface area contributed by atoms with Crippen molar-refractivity contribution in [2.75, 3.05) is 13.2 Å². The third-order valence-electron chi connectivity index (χ3n) is 0.755. The highest BCUT2D eigenvalue weighted by molar-refractivity contribution is 4.73. The molecule has 0 heterocycles. The Hall–Kier alpha value is -0.120. The van der Waals surface area contributed by atoms with Crippen molar-refractivity contribution >= 4 is 0 Å². The molecule has 1 atom stereocenters. The summed E-state index contributed by atoms with van der Waals surface area (Å²) < 4.78 is 0.